The average molecular weight is 407 g/mol. The number of hydrogen-bond donors (Lipinski definition) is 0. The highest BCUT2D eigenvalue weighted by Crippen LogP contribution is 2.24. The van der Waals surface area contributed by atoms with E-state index in [4.69, 9.17) is 11.6 Å². The fraction of sp³-hybridized carbons (Fsp3) is 0.350. The number of carbonyl (C=O) groups is 1. The highest BCUT2D eigenvalue weighted by Gasteiger charge is 2.23. The molecule has 0 spiro atoms. The molecule has 0 unspecified atom stereocenters. The first kappa shape index (κ1) is 19.7. The number of nitrogens with zero attached hydrogens (tertiary/aromatic N) is 2. The van der Waals surface area contributed by atoms with Gasteiger partial charge >= 0.3 is 0 Å². The number of likely N-dealkylation sites (tertiary alicyclic amines) is 1. The number of benzene rings is 2. The quantitative estimate of drug-likeness (QED) is 0.769. The third kappa shape index (κ3) is 4.28. The van der Waals surface area contributed by atoms with E-state index in [0.717, 1.165) is 25.9 Å². The third-order valence-electron chi connectivity index (χ3n) is 5.02. The van der Waals surface area contributed by atoms with E-state index < -0.39 is 10.0 Å². The second-order valence-electron chi connectivity index (χ2n) is 6.95. The van der Waals surface area contributed by atoms with Gasteiger partial charge in [0.15, 0.2) is 0 Å². The van der Waals surface area contributed by atoms with Gasteiger partial charge in [0.2, 0.25) is 0 Å². The molecule has 7 heteroatoms. The summed E-state index contributed by atoms with van der Waals surface area (Å²) in [7, 11) is -2.20. The minimum absolute atomic E-state index is 0.00309. The van der Waals surface area contributed by atoms with Crippen LogP contribution in [0, 0.1) is 5.92 Å². The van der Waals surface area contributed by atoms with Crippen LogP contribution in [0.5, 0.6) is 0 Å². The lowest BCUT2D eigenvalue weighted by Gasteiger charge is -2.30. The molecular formula is C20H23ClN2O3S. The van der Waals surface area contributed by atoms with Crippen molar-refractivity contribution in [2.45, 2.75) is 24.7 Å². The molecule has 2 aromatic carbocycles. The van der Waals surface area contributed by atoms with Crippen molar-refractivity contribution < 1.29 is 13.2 Å². The SMILES string of the molecule is CC1CCN(C(=O)c2ccc(N(C)S(=O)(=O)c3ccc(Cl)cc3)cc2)CC1. The van der Waals surface area contributed by atoms with Crippen molar-refractivity contribution in [1.82, 2.24) is 4.90 Å². The van der Waals surface area contributed by atoms with Crippen LogP contribution in [0.25, 0.3) is 0 Å². The molecule has 1 amide bonds. The Morgan fingerprint density at radius 2 is 1.59 bits per heavy atom. The van der Waals surface area contributed by atoms with E-state index in [1.54, 1.807) is 36.4 Å². The fourth-order valence-corrected chi connectivity index (χ4v) is 4.43. The van der Waals surface area contributed by atoms with E-state index in [0.29, 0.717) is 22.2 Å². The molecule has 0 aromatic heterocycles. The molecule has 1 heterocycles. The number of amides is 1. The lowest BCUT2D eigenvalue weighted by molar-refractivity contribution is 0.0697. The molecule has 0 saturated carbocycles. The van der Waals surface area contributed by atoms with Crippen LogP contribution in [-0.2, 0) is 10.0 Å². The van der Waals surface area contributed by atoms with Crippen molar-refractivity contribution in [2.24, 2.45) is 5.92 Å². The van der Waals surface area contributed by atoms with Crippen LogP contribution in [-0.4, -0.2) is 39.4 Å². The van der Waals surface area contributed by atoms with Gasteiger partial charge in [0.1, 0.15) is 0 Å². The van der Waals surface area contributed by atoms with E-state index in [1.165, 1.54) is 23.5 Å². The zero-order valence-corrected chi connectivity index (χ0v) is 17.0. The Morgan fingerprint density at radius 3 is 2.15 bits per heavy atom. The van der Waals surface area contributed by atoms with Gasteiger partial charge in [-0.3, -0.25) is 9.10 Å². The van der Waals surface area contributed by atoms with Gasteiger partial charge in [0.05, 0.1) is 10.6 Å². The molecule has 1 aliphatic heterocycles. The lowest BCUT2D eigenvalue weighted by Crippen LogP contribution is -2.37. The highest BCUT2D eigenvalue weighted by atomic mass is 35.5. The van der Waals surface area contributed by atoms with Gasteiger partial charge in [0.25, 0.3) is 15.9 Å². The molecule has 0 bridgehead atoms. The summed E-state index contributed by atoms with van der Waals surface area (Å²) >= 11 is 5.83. The summed E-state index contributed by atoms with van der Waals surface area (Å²) in [5.74, 6) is 0.653. The van der Waals surface area contributed by atoms with Crippen LogP contribution < -0.4 is 4.31 Å². The Hall–Kier alpha value is -2.05. The highest BCUT2D eigenvalue weighted by molar-refractivity contribution is 7.92. The number of sulfonamides is 1. The molecule has 1 saturated heterocycles. The molecule has 0 N–H and O–H groups in total. The minimum atomic E-state index is -3.69. The van der Waals surface area contributed by atoms with Crippen molar-refractivity contribution in [1.29, 1.82) is 0 Å². The van der Waals surface area contributed by atoms with Crippen LogP contribution in [0.2, 0.25) is 5.02 Å². The number of hydrogen-bond acceptors (Lipinski definition) is 3. The average Bonchev–Trinajstić information content (AvgIpc) is 2.68. The molecule has 1 aliphatic rings. The molecule has 0 radical (unpaired) electrons. The van der Waals surface area contributed by atoms with Crippen molar-refractivity contribution in [2.75, 3.05) is 24.4 Å². The molecular weight excluding hydrogens is 384 g/mol. The summed E-state index contributed by atoms with van der Waals surface area (Å²) in [6, 6.07) is 12.7. The van der Waals surface area contributed by atoms with Crippen molar-refractivity contribution in [3.05, 3.63) is 59.1 Å². The van der Waals surface area contributed by atoms with E-state index in [9.17, 15) is 13.2 Å². The van der Waals surface area contributed by atoms with Crippen LogP contribution in [0.15, 0.2) is 53.4 Å². The molecule has 0 aliphatic carbocycles. The van der Waals surface area contributed by atoms with Gasteiger partial charge in [-0.1, -0.05) is 18.5 Å². The standard InChI is InChI=1S/C20H23ClN2O3S/c1-15-11-13-23(14-12-15)20(24)16-3-7-18(8-4-16)22(2)27(25,26)19-9-5-17(21)6-10-19/h3-10,15H,11-14H2,1-2H3. The molecule has 2 aromatic rings. The van der Waals surface area contributed by atoms with Crippen molar-refractivity contribution in [3.8, 4) is 0 Å². The van der Waals surface area contributed by atoms with Crippen LogP contribution >= 0.6 is 11.6 Å². The van der Waals surface area contributed by atoms with Crippen LogP contribution in [0.3, 0.4) is 0 Å². The molecule has 1 fully saturated rings. The summed E-state index contributed by atoms with van der Waals surface area (Å²) in [6.45, 7) is 3.74. The molecule has 3 rings (SSSR count). The molecule has 144 valence electrons. The maximum atomic E-state index is 12.7. The monoisotopic (exact) mass is 406 g/mol. The number of rotatable bonds is 4. The van der Waals surface area contributed by atoms with Gasteiger partial charge in [0, 0.05) is 30.7 Å². The predicted octanol–water partition coefficient (Wildman–Crippen LogP) is 4.04. The van der Waals surface area contributed by atoms with Gasteiger partial charge in [-0.25, -0.2) is 8.42 Å². The Kier molecular flexibility index (Phi) is 5.77. The van der Waals surface area contributed by atoms with Gasteiger partial charge < -0.3 is 4.90 Å². The summed E-state index contributed by atoms with van der Waals surface area (Å²) in [5.41, 5.74) is 1.07. The second-order valence-corrected chi connectivity index (χ2v) is 9.35. The first-order valence-electron chi connectivity index (χ1n) is 8.93. The normalized spacial score (nSPS) is 15.6. The molecule has 27 heavy (non-hydrogen) atoms. The van der Waals surface area contributed by atoms with Crippen molar-refractivity contribution in [3.63, 3.8) is 0 Å². The smallest absolute Gasteiger partial charge is 0.264 e. The second kappa shape index (κ2) is 7.90. The predicted molar refractivity (Wildman–Crippen MR) is 108 cm³/mol. The Morgan fingerprint density at radius 1 is 1.04 bits per heavy atom. The van der Waals surface area contributed by atoms with Gasteiger partial charge in [-0.05, 0) is 67.3 Å². The van der Waals surface area contributed by atoms with E-state index in [-0.39, 0.29) is 10.8 Å². The van der Waals surface area contributed by atoms with Crippen molar-refractivity contribution >= 4 is 33.2 Å². The van der Waals surface area contributed by atoms with E-state index in [2.05, 4.69) is 6.92 Å². The molecule has 0 atom stereocenters. The topological polar surface area (TPSA) is 57.7 Å². The first-order valence-corrected chi connectivity index (χ1v) is 10.7. The zero-order valence-electron chi connectivity index (χ0n) is 15.4. The maximum Gasteiger partial charge on any atom is 0.264 e. The largest absolute Gasteiger partial charge is 0.339 e. The van der Waals surface area contributed by atoms with Gasteiger partial charge in [-0.15, -0.1) is 0 Å². The number of carbonyl (C=O) groups excluding carboxylic acids is 1. The summed E-state index contributed by atoms with van der Waals surface area (Å²) in [6.07, 6.45) is 2.04. The summed E-state index contributed by atoms with van der Waals surface area (Å²) < 4.78 is 26.7. The Balaban J connectivity index is 1.76. The first-order chi connectivity index (χ1) is 12.8. The summed E-state index contributed by atoms with van der Waals surface area (Å²) in [5, 5.41) is 0.478. The maximum absolute atomic E-state index is 12.7. The molecule has 5 nitrogen and oxygen atoms in total. The lowest BCUT2D eigenvalue weighted by atomic mass is 9.98. The number of piperidine rings is 1. The third-order valence-corrected chi connectivity index (χ3v) is 7.07. The Labute approximate surface area is 165 Å². The Bertz CT molecular complexity index is 903. The van der Waals surface area contributed by atoms with Gasteiger partial charge in [-0.2, -0.15) is 0 Å². The van der Waals surface area contributed by atoms with Crippen LogP contribution in [0.1, 0.15) is 30.1 Å². The zero-order chi connectivity index (χ0) is 19.6. The van der Waals surface area contributed by atoms with E-state index in [1.807, 2.05) is 4.90 Å². The van der Waals surface area contributed by atoms with Crippen LogP contribution in [0.4, 0.5) is 5.69 Å². The van der Waals surface area contributed by atoms with E-state index >= 15 is 0 Å². The number of halogens is 1. The fourth-order valence-electron chi connectivity index (χ4n) is 3.11. The summed E-state index contributed by atoms with van der Waals surface area (Å²) in [4.78, 5) is 14.6. The number of anilines is 1. The minimum Gasteiger partial charge on any atom is -0.339 e.